The zero-order valence-corrected chi connectivity index (χ0v) is 14.1. The molecule has 25 heavy (non-hydrogen) atoms. The number of carboxylic acid groups (broad SMARTS) is 1. The minimum atomic E-state index is -1.11. The molecule has 0 aliphatic carbocycles. The number of aromatic nitrogens is 1. The molecule has 1 aromatic heterocycles. The second-order valence-corrected chi connectivity index (χ2v) is 6.49. The number of benzene rings is 2. The van der Waals surface area contributed by atoms with Gasteiger partial charge in [-0.25, -0.2) is 9.78 Å². The Labute approximate surface area is 151 Å². The van der Waals surface area contributed by atoms with Crippen molar-refractivity contribution in [1.82, 2.24) is 4.98 Å². The highest BCUT2D eigenvalue weighted by molar-refractivity contribution is 8.03. The van der Waals surface area contributed by atoms with Crippen LogP contribution in [0.25, 0.3) is 17.2 Å². The fourth-order valence-corrected chi connectivity index (χ4v) is 3.25. The van der Waals surface area contributed by atoms with Gasteiger partial charge in [0.2, 0.25) is 6.79 Å². The van der Waals surface area contributed by atoms with E-state index in [1.807, 2.05) is 12.1 Å². The molecule has 126 valence electrons. The maximum Gasteiger partial charge on any atom is 0.342 e. The van der Waals surface area contributed by atoms with Crippen LogP contribution in [0.5, 0.6) is 11.5 Å². The summed E-state index contributed by atoms with van der Waals surface area (Å²) in [7, 11) is 0. The van der Waals surface area contributed by atoms with E-state index in [-0.39, 0.29) is 16.9 Å². The molecule has 1 aliphatic rings. The van der Waals surface area contributed by atoms with Crippen molar-refractivity contribution in [2.75, 3.05) is 6.79 Å². The summed E-state index contributed by atoms with van der Waals surface area (Å²) in [5.74, 6) is -0.0566. The third-order valence-corrected chi connectivity index (χ3v) is 4.65. The number of nitrogens with zero attached hydrogens (tertiary/aromatic N) is 1. The average molecular weight is 376 g/mol. The number of carboxylic acids is 1. The molecule has 0 atom stereocenters. The number of halogens is 1. The Morgan fingerprint density at radius 1 is 1.24 bits per heavy atom. The van der Waals surface area contributed by atoms with E-state index in [0.717, 1.165) is 11.8 Å². The molecular formula is C17H10ClNO5S. The summed E-state index contributed by atoms with van der Waals surface area (Å²) in [4.78, 5) is 15.9. The van der Waals surface area contributed by atoms with Crippen LogP contribution in [0.2, 0.25) is 5.02 Å². The molecule has 0 spiro atoms. The van der Waals surface area contributed by atoms with Gasteiger partial charge in [-0.05, 0) is 41.6 Å². The van der Waals surface area contributed by atoms with Crippen molar-refractivity contribution in [3.8, 4) is 11.5 Å². The van der Waals surface area contributed by atoms with Crippen LogP contribution in [0.4, 0.5) is 0 Å². The Kier molecular flexibility index (Phi) is 4.03. The van der Waals surface area contributed by atoms with Crippen LogP contribution < -0.4 is 9.47 Å². The first kappa shape index (κ1) is 15.9. The highest BCUT2D eigenvalue weighted by Crippen LogP contribution is 2.39. The highest BCUT2D eigenvalue weighted by atomic mass is 35.5. The van der Waals surface area contributed by atoms with Crippen molar-refractivity contribution in [3.63, 3.8) is 0 Å². The molecule has 1 N–H and O–H groups in total. The lowest BCUT2D eigenvalue weighted by Gasteiger charge is -2.04. The largest absolute Gasteiger partial charge is 0.477 e. The van der Waals surface area contributed by atoms with Gasteiger partial charge < -0.3 is 19.0 Å². The molecule has 4 rings (SSSR count). The van der Waals surface area contributed by atoms with E-state index in [4.69, 9.17) is 25.5 Å². The van der Waals surface area contributed by atoms with Crippen molar-refractivity contribution in [3.05, 3.63) is 51.9 Å². The summed E-state index contributed by atoms with van der Waals surface area (Å²) in [6, 6.07) is 10.5. The minimum absolute atomic E-state index is 0.0207. The Hall–Kier alpha value is -2.64. The lowest BCUT2D eigenvalue weighted by Crippen LogP contribution is -1.97. The quantitative estimate of drug-likeness (QED) is 0.533. The van der Waals surface area contributed by atoms with Gasteiger partial charge in [0.15, 0.2) is 17.1 Å². The van der Waals surface area contributed by atoms with Crippen molar-refractivity contribution in [2.24, 2.45) is 0 Å². The molecular weight excluding hydrogens is 366 g/mol. The van der Waals surface area contributed by atoms with Crippen LogP contribution in [0.3, 0.4) is 0 Å². The molecule has 8 heteroatoms. The second kappa shape index (κ2) is 6.34. The molecule has 0 bridgehead atoms. The second-order valence-electron chi connectivity index (χ2n) is 5.09. The van der Waals surface area contributed by atoms with E-state index in [2.05, 4.69) is 4.98 Å². The number of carbonyl (C=O) groups is 1. The molecule has 0 amide bonds. The van der Waals surface area contributed by atoms with E-state index in [1.165, 1.54) is 6.08 Å². The molecule has 2 heterocycles. The van der Waals surface area contributed by atoms with Crippen LogP contribution in [0.1, 0.15) is 5.56 Å². The van der Waals surface area contributed by atoms with Crippen molar-refractivity contribution in [1.29, 1.82) is 0 Å². The molecule has 6 nitrogen and oxygen atoms in total. The SMILES string of the molecule is O=C(O)/C(=C/c1cc2c(cc1Cl)OCO2)Sc1nc2ccccc2o1. The van der Waals surface area contributed by atoms with Crippen molar-refractivity contribution < 1.29 is 23.8 Å². The van der Waals surface area contributed by atoms with Gasteiger partial charge in [0.05, 0.1) is 5.02 Å². The highest BCUT2D eigenvalue weighted by Gasteiger charge is 2.19. The maximum absolute atomic E-state index is 11.6. The van der Waals surface area contributed by atoms with Gasteiger partial charge in [0, 0.05) is 6.07 Å². The predicted octanol–water partition coefficient (Wildman–Crippen LogP) is 4.43. The monoisotopic (exact) mass is 375 g/mol. The number of hydrogen-bond donors (Lipinski definition) is 1. The van der Waals surface area contributed by atoms with Gasteiger partial charge in [-0.15, -0.1) is 0 Å². The molecule has 1 aliphatic heterocycles. The van der Waals surface area contributed by atoms with Crippen LogP contribution in [-0.2, 0) is 4.79 Å². The normalized spacial score (nSPS) is 13.4. The summed E-state index contributed by atoms with van der Waals surface area (Å²) in [5.41, 5.74) is 1.76. The van der Waals surface area contributed by atoms with Crippen LogP contribution in [-0.4, -0.2) is 22.9 Å². The summed E-state index contributed by atoms with van der Waals surface area (Å²) in [6.07, 6.45) is 1.45. The van der Waals surface area contributed by atoms with Gasteiger partial charge in [0.25, 0.3) is 5.22 Å². The minimum Gasteiger partial charge on any atom is -0.477 e. The first-order chi connectivity index (χ1) is 12.1. The first-order valence-electron chi connectivity index (χ1n) is 7.18. The van der Waals surface area contributed by atoms with E-state index in [9.17, 15) is 9.90 Å². The van der Waals surface area contributed by atoms with Gasteiger partial charge in [-0.3, -0.25) is 0 Å². The van der Waals surface area contributed by atoms with E-state index < -0.39 is 5.97 Å². The molecule has 0 unspecified atom stereocenters. The molecule has 0 saturated heterocycles. The standard InChI is InChI=1S/C17H10ClNO5S/c18-10-7-14-13(22-8-23-14)5-9(10)6-15(16(20)21)25-17-19-11-3-1-2-4-12(11)24-17/h1-7H,8H2,(H,20,21)/b15-6-. The number of rotatable bonds is 4. The van der Waals surface area contributed by atoms with Gasteiger partial charge in [0.1, 0.15) is 10.4 Å². The number of oxazole rings is 1. The smallest absolute Gasteiger partial charge is 0.342 e. The van der Waals surface area contributed by atoms with E-state index in [0.29, 0.717) is 33.2 Å². The van der Waals surface area contributed by atoms with Gasteiger partial charge in [-0.1, -0.05) is 23.7 Å². The maximum atomic E-state index is 11.6. The summed E-state index contributed by atoms with van der Waals surface area (Å²) >= 11 is 7.11. The lowest BCUT2D eigenvalue weighted by molar-refractivity contribution is -0.131. The fraction of sp³-hybridized carbons (Fsp3) is 0.0588. The number of fused-ring (bicyclic) bond motifs is 2. The number of para-hydroxylation sites is 2. The van der Waals surface area contributed by atoms with Crippen LogP contribution in [0, 0.1) is 0 Å². The molecule has 0 fully saturated rings. The van der Waals surface area contributed by atoms with Crippen LogP contribution in [0.15, 0.2) is 50.9 Å². The molecule has 0 saturated carbocycles. The topological polar surface area (TPSA) is 81.8 Å². The van der Waals surface area contributed by atoms with Crippen molar-refractivity contribution in [2.45, 2.75) is 5.22 Å². The average Bonchev–Trinajstić information content (AvgIpc) is 3.19. The van der Waals surface area contributed by atoms with E-state index >= 15 is 0 Å². The molecule has 2 aromatic carbocycles. The van der Waals surface area contributed by atoms with Crippen molar-refractivity contribution >= 4 is 46.5 Å². The number of aliphatic carboxylic acids is 1. The fourth-order valence-electron chi connectivity index (χ4n) is 2.31. The third kappa shape index (κ3) is 3.16. The van der Waals surface area contributed by atoms with Crippen LogP contribution >= 0.6 is 23.4 Å². The molecule has 3 aromatic rings. The Morgan fingerprint density at radius 3 is 2.76 bits per heavy atom. The Balaban J connectivity index is 1.69. The summed E-state index contributed by atoms with van der Waals surface area (Å²) in [6.45, 7) is 0.113. The first-order valence-corrected chi connectivity index (χ1v) is 8.37. The van der Waals surface area contributed by atoms with Gasteiger partial charge in [-0.2, -0.15) is 0 Å². The van der Waals surface area contributed by atoms with Gasteiger partial charge >= 0.3 is 5.97 Å². The number of thioether (sulfide) groups is 1. The lowest BCUT2D eigenvalue weighted by atomic mass is 10.2. The summed E-state index contributed by atoms with van der Waals surface area (Å²) in [5, 5.41) is 10.1. The Morgan fingerprint density at radius 2 is 2.00 bits per heavy atom. The van der Waals surface area contributed by atoms with E-state index in [1.54, 1.807) is 24.3 Å². The summed E-state index contributed by atoms with van der Waals surface area (Å²) < 4.78 is 16.1. The number of hydrogen-bond acceptors (Lipinski definition) is 6. The zero-order chi connectivity index (χ0) is 17.4. The number of ether oxygens (including phenoxy) is 2. The third-order valence-electron chi connectivity index (χ3n) is 3.46. The zero-order valence-electron chi connectivity index (χ0n) is 12.6. The Bertz CT molecular complexity index is 980. The molecule has 0 radical (unpaired) electrons. The predicted molar refractivity (Wildman–Crippen MR) is 93.1 cm³/mol.